The average Bonchev–Trinajstić information content (AvgIpc) is 3.35. The first-order valence-electron chi connectivity index (χ1n) is 23.3. The number of carbonyl (C=O) groups excluding carboxylic acids is 2. The summed E-state index contributed by atoms with van der Waals surface area (Å²) in [6, 6.07) is 57.5. The number of amides is 1. The quantitative estimate of drug-likeness (QED) is 0.0780. The average molecular weight is 904 g/mol. The maximum Gasteiger partial charge on any atom is 0.411 e. The van der Waals surface area contributed by atoms with E-state index in [2.05, 4.69) is 0 Å². The van der Waals surface area contributed by atoms with Crippen LogP contribution in [-0.4, -0.2) is 65.7 Å². The molecule has 6 aromatic carbocycles. The van der Waals surface area contributed by atoms with Gasteiger partial charge in [0.05, 0.1) is 39.1 Å². The molecule has 0 N–H and O–H groups in total. The lowest BCUT2D eigenvalue weighted by molar-refractivity contribution is -0.274. The van der Waals surface area contributed by atoms with Gasteiger partial charge in [-0.2, -0.15) is 0 Å². The molecule has 6 aromatic rings. The van der Waals surface area contributed by atoms with E-state index in [1.807, 2.05) is 203 Å². The van der Waals surface area contributed by atoms with Gasteiger partial charge in [-0.3, -0.25) is 4.90 Å². The van der Waals surface area contributed by atoms with E-state index in [1.54, 1.807) is 4.90 Å². The molecule has 0 saturated carbocycles. The van der Waals surface area contributed by atoms with Gasteiger partial charge in [-0.1, -0.05) is 182 Å². The second-order valence-electron chi connectivity index (χ2n) is 18.1. The van der Waals surface area contributed by atoms with Crippen LogP contribution in [0.2, 0.25) is 0 Å². The molecule has 10 nitrogen and oxygen atoms in total. The summed E-state index contributed by atoms with van der Waals surface area (Å²) in [4.78, 5) is 30.9. The minimum Gasteiger partial charge on any atom is -0.453 e. The highest BCUT2D eigenvalue weighted by molar-refractivity contribution is 5.83. The molecule has 8 rings (SSSR count). The number of morpholine rings is 1. The number of benzene rings is 6. The molecular weight excluding hydrogens is 843 g/mol. The first-order chi connectivity index (χ1) is 32.7. The molecule has 1 amide bonds. The second kappa shape index (κ2) is 23.0. The van der Waals surface area contributed by atoms with Crippen LogP contribution in [0.1, 0.15) is 79.1 Å². The molecule has 2 heterocycles. The third-order valence-corrected chi connectivity index (χ3v) is 12.0. The van der Waals surface area contributed by atoms with Crippen LogP contribution >= 0.6 is 0 Å². The molecule has 0 radical (unpaired) electrons. The molecule has 8 atom stereocenters. The second-order valence-corrected chi connectivity index (χ2v) is 18.1. The van der Waals surface area contributed by atoms with Crippen LogP contribution in [0.25, 0.3) is 0 Å². The maximum atomic E-state index is 14.7. The third kappa shape index (κ3) is 12.9. The molecule has 67 heavy (non-hydrogen) atoms. The molecule has 0 aliphatic carbocycles. The van der Waals surface area contributed by atoms with Gasteiger partial charge in [-0.25, -0.2) is 9.59 Å². The highest BCUT2D eigenvalue weighted by Crippen LogP contribution is 2.44. The summed E-state index contributed by atoms with van der Waals surface area (Å²) in [6.45, 7) is 6.87. The monoisotopic (exact) mass is 903 g/mol. The molecule has 348 valence electrons. The Bertz CT molecular complexity index is 2400. The Hall–Kier alpha value is -6.14. The molecule has 0 unspecified atom stereocenters. The summed E-state index contributed by atoms with van der Waals surface area (Å²) in [5, 5.41) is 0. The number of rotatable bonds is 18. The predicted octanol–water partition coefficient (Wildman–Crippen LogP) is 11.2. The number of nitrogens with zero attached hydrogens (tertiary/aromatic N) is 1. The molecule has 0 bridgehead atoms. The van der Waals surface area contributed by atoms with Gasteiger partial charge in [0.2, 0.25) is 0 Å². The highest BCUT2D eigenvalue weighted by atomic mass is 16.6. The van der Waals surface area contributed by atoms with Crippen molar-refractivity contribution in [1.29, 1.82) is 0 Å². The van der Waals surface area contributed by atoms with Gasteiger partial charge < -0.3 is 33.2 Å². The van der Waals surface area contributed by atoms with Crippen LogP contribution in [0, 0.1) is 0 Å². The van der Waals surface area contributed by atoms with Crippen molar-refractivity contribution in [2.45, 2.75) is 114 Å². The van der Waals surface area contributed by atoms with E-state index in [4.69, 9.17) is 33.2 Å². The number of ether oxygens (including phenoxy) is 7. The third-order valence-electron chi connectivity index (χ3n) is 12.0. The van der Waals surface area contributed by atoms with Crippen molar-refractivity contribution in [3.8, 4) is 0 Å². The van der Waals surface area contributed by atoms with Crippen LogP contribution < -0.4 is 0 Å². The van der Waals surface area contributed by atoms with Crippen molar-refractivity contribution in [3.05, 3.63) is 215 Å². The van der Waals surface area contributed by atoms with Crippen molar-refractivity contribution >= 4 is 12.1 Å². The predicted molar refractivity (Wildman–Crippen MR) is 255 cm³/mol. The minimum absolute atomic E-state index is 0.164. The van der Waals surface area contributed by atoms with Crippen LogP contribution in [0.3, 0.4) is 0 Å². The molecule has 0 spiro atoms. The van der Waals surface area contributed by atoms with Crippen LogP contribution in [0.4, 0.5) is 4.79 Å². The van der Waals surface area contributed by atoms with Crippen LogP contribution in [0.15, 0.2) is 182 Å². The number of carbonyl (C=O) groups is 2. The molecule has 2 aliphatic heterocycles. The molecular formula is C57H61NO9. The van der Waals surface area contributed by atoms with Gasteiger partial charge in [0.25, 0.3) is 0 Å². The molecule has 0 aromatic heterocycles. The van der Waals surface area contributed by atoms with Crippen molar-refractivity contribution in [2.75, 3.05) is 6.61 Å². The zero-order chi connectivity index (χ0) is 46.4. The van der Waals surface area contributed by atoms with Crippen molar-refractivity contribution in [2.24, 2.45) is 0 Å². The zero-order valence-corrected chi connectivity index (χ0v) is 38.5. The van der Waals surface area contributed by atoms with Gasteiger partial charge in [-0.15, -0.1) is 0 Å². The van der Waals surface area contributed by atoms with E-state index < -0.39 is 66.4 Å². The van der Waals surface area contributed by atoms with Crippen molar-refractivity contribution in [3.63, 3.8) is 0 Å². The number of hydrogen-bond donors (Lipinski definition) is 0. The summed E-state index contributed by atoms with van der Waals surface area (Å²) in [5.74, 6) is -0.534. The fraction of sp³-hybridized carbons (Fsp3) is 0.333. The van der Waals surface area contributed by atoms with Crippen LogP contribution in [0.5, 0.6) is 0 Å². The Balaban J connectivity index is 1.16. The topological polar surface area (TPSA) is 102 Å². The summed E-state index contributed by atoms with van der Waals surface area (Å²) in [7, 11) is 0. The highest BCUT2D eigenvalue weighted by Gasteiger charge is 2.52. The Labute approximate surface area is 394 Å². The van der Waals surface area contributed by atoms with E-state index in [-0.39, 0.29) is 32.7 Å². The van der Waals surface area contributed by atoms with Gasteiger partial charge in [-0.05, 0) is 67.0 Å². The zero-order valence-electron chi connectivity index (χ0n) is 38.5. The van der Waals surface area contributed by atoms with E-state index >= 15 is 0 Å². The van der Waals surface area contributed by atoms with Crippen molar-refractivity contribution < 1.29 is 42.7 Å². The fourth-order valence-corrected chi connectivity index (χ4v) is 8.85. The van der Waals surface area contributed by atoms with Crippen molar-refractivity contribution in [1.82, 2.24) is 4.90 Å². The summed E-state index contributed by atoms with van der Waals surface area (Å²) < 4.78 is 47.0. The molecule has 2 saturated heterocycles. The summed E-state index contributed by atoms with van der Waals surface area (Å²) in [5.41, 5.74) is 4.71. The lowest BCUT2D eigenvalue weighted by atomic mass is 9.88. The Morgan fingerprint density at radius 1 is 0.522 bits per heavy atom. The van der Waals surface area contributed by atoms with Crippen LogP contribution in [-0.2, 0) is 64.4 Å². The number of hydrogen-bond acceptors (Lipinski definition) is 9. The van der Waals surface area contributed by atoms with Gasteiger partial charge >= 0.3 is 12.1 Å². The van der Waals surface area contributed by atoms with E-state index in [1.165, 1.54) is 0 Å². The van der Waals surface area contributed by atoms with Gasteiger partial charge in [0, 0.05) is 0 Å². The molecule has 2 aliphatic rings. The molecule has 2 fully saturated rings. The summed E-state index contributed by atoms with van der Waals surface area (Å²) >= 11 is 0. The fourth-order valence-electron chi connectivity index (χ4n) is 8.85. The Morgan fingerprint density at radius 2 is 0.940 bits per heavy atom. The summed E-state index contributed by atoms with van der Waals surface area (Å²) in [6.07, 6.45) is -4.21. The first kappa shape index (κ1) is 47.4. The SMILES string of the molecule is CC(C)(C)OC(=O)N1[C@@H](CC[C@H]2O[C@H](COCc3ccccc3)[C@H](OCc3ccccc3)[C@H](OCc3ccccc3)[C@H]2OCc2ccccc2)C(=O)O[C@H](c2ccccc2)[C@@H]1c1ccccc1. The Morgan fingerprint density at radius 3 is 1.42 bits per heavy atom. The standard InChI is InChI=1S/C57H61NO9/c1-57(2,3)67-56(60)58-47(55(59)66-51(46-32-20-9-21-33-46)50(58)45-30-18-8-19-31-45)34-35-48-52(62-37-42-24-12-5-13-25-42)54(64-39-44-28-16-7-17-29-44)53(63-38-43-26-14-6-15-27-43)49(65-48)40-61-36-41-22-10-4-11-23-41/h4-33,47-54H,34-40H2,1-3H3/t47-,48+,49+,50-,51+,52-,53-,54+/m0/s1. The van der Waals surface area contributed by atoms with E-state index in [0.717, 1.165) is 33.4 Å². The first-order valence-corrected chi connectivity index (χ1v) is 23.3. The van der Waals surface area contributed by atoms with Gasteiger partial charge in [0.15, 0.2) is 6.10 Å². The number of esters is 1. The lowest BCUT2D eigenvalue weighted by Gasteiger charge is -2.48. The normalized spacial score (nSPS) is 23.0. The lowest BCUT2D eigenvalue weighted by Crippen LogP contribution is -2.61. The largest absolute Gasteiger partial charge is 0.453 e. The molecule has 10 heteroatoms. The van der Waals surface area contributed by atoms with E-state index in [9.17, 15) is 9.59 Å². The Kier molecular flexibility index (Phi) is 16.3. The smallest absolute Gasteiger partial charge is 0.411 e. The van der Waals surface area contributed by atoms with E-state index in [0.29, 0.717) is 13.2 Å². The maximum absolute atomic E-state index is 14.7. The van der Waals surface area contributed by atoms with Gasteiger partial charge in [0.1, 0.15) is 42.1 Å². The minimum atomic E-state index is -1.04. The number of cyclic esters (lactones) is 1.